The Morgan fingerprint density at radius 1 is 1.50 bits per heavy atom. The molecule has 0 fully saturated rings. The highest BCUT2D eigenvalue weighted by Gasteiger charge is 2.15. The average Bonchev–Trinajstić information content (AvgIpc) is 2.20. The summed E-state index contributed by atoms with van der Waals surface area (Å²) in [6.45, 7) is 2.14. The molecule has 0 saturated heterocycles. The van der Waals surface area contributed by atoms with Gasteiger partial charge in [0.25, 0.3) is 0 Å². The summed E-state index contributed by atoms with van der Waals surface area (Å²) in [6, 6.07) is 0. The molecule has 3 heteroatoms. The third kappa shape index (κ3) is 1.51. The zero-order valence-corrected chi connectivity index (χ0v) is 8.31. The SMILES string of the molecule is CO/N=C1/CCC(C)=C1I. The fourth-order valence-electron chi connectivity index (χ4n) is 0.968. The van der Waals surface area contributed by atoms with Crippen LogP contribution in [-0.4, -0.2) is 12.8 Å². The number of hydrogen-bond acceptors (Lipinski definition) is 2. The van der Waals surface area contributed by atoms with Gasteiger partial charge in [-0.3, -0.25) is 0 Å². The molecular weight excluding hydrogens is 241 g/mol. The van der Waals surface area contributed by atoms with Gasteiger partial charge >= 0.3 is 0 Å². The minimum Gasteiger partial charge on any atom is -0.399 e. The molecule has 0 radical (unpaired) electrons. The molecule has 10 heavy (non-hydrogen) atoms. The summed E-state index contributed by atoms with van der Waals surface area (Å²) in [6.07, 6.45) is 2.18. The van der Waals surface area contributed by atoms with Crippen LogP contribution in [0.1, 0.15) is 19.8 Å². The average molecular weight is 251 g/mol. The van der Waals surface area contributed by atoms with E-state index in [2.05, 4.69) is 34.7 Å². The molecule has 0 heterocycles. The van der Waals surface area contributed by atoms with E-state index in [1.54, 1.807) is 7.11 Å². The van der Waals surface area contributed by atoms with Crippen LogP contribution in [0.5, 0.6) is 0 Å². The Balaban J connectivity index is 2.77. The van der Waals surface area contributed by atoms with E-state index in [0.717, 1.165) is 18.6 Å². The van der Waals surface area contributed by atoms with Crippen molar-refractivity contribution < 1.29 is 4.84 Å². The number of hydrogen-bond donors (Lipinski definition) is 0. The summed E-state index contributed by atoms with van der Waals surface area (Å²) < 4.78 is 1.28. The quantitative estimate of drug-likeness (QED) is 0.518. The fraction of sp³-hybridized carbons (Fsp3) is 0.571. The van der Waals surface area contributed by atoms with E-state index in [4.69, 9.17) is 4.84 Å². The second-order valence-electron chi connectivity index (χ2n) is 2.31. The van der Waals surface area contributed by atoms with E-state index in [1.807, 2.05) is 0 Å². The van der Waals surface area contributed by atoms with Crippen molar-refractivity contribution in [1.29, 1.82) is 0 Å². The number of rotatable bonds is 1. The lowest BCUT2D eigenvalue weighted by atomic mass is 10.3. The maximum absolute atomic E-state index is 4.69. The zero-order chi connectivity index (χ0) is 7.56. The standard InChI is InChI=1S/C7H10INO/c1-5-3-4-6(7(5)8)9-10-2/h3-4H2,1-2H3/b9-6-. The summed E-state index contributed by atoms with van der Waals surface area (Å²) >= 11 is 2.31. The van der Waals surface area contributed by atoms with Crippen LogP contribution in [0.25, 0.3) is 0 Å². The topological polar surface area (TPSA) is 21.6 Å². The molecule has 1 aliphatic rings. The van der Waals surface area contributed by atoms with Crippen molar-refractivity contribution in [1.82, 2.24) is 0 Å². The second kappa shape index (κ2) is 3.37. The Bertz CT molecular complexity index is 196. The van der Waals surface area contributed by atoms with Gasteiger partial charge in [0.05, 0.1) is 5.71 Å². The molecule has 0 spiro atoms. The molecule has 0 unspecified atom stereocenters. The van der Waals surface area contributed by atoms with Gasteiger partial charge in [0.15, 0.2) is 0 Å². The van der Waals surface area contributed by atoms with E-state index >= 15 is 0 Å². The summed E-state index contributed by atoms with van der Waals surface area (Å²) in [7, 11) is 1.59. The molecular formula is C7H10INO. The first-order valence-electron chi connectivity index (χ1n) is 3.21. The zero-order valence-electron chi connectivity index (χ0n) is 6.15. The fourth-order valence-corrected chi connectivity index (χ4v) is 1.61. The first-order valence-corrected chi connectivity index (χ1v) is 4.29. The molecule has 0 amide bonds. The summed E-state index contributed by atoms with van der Waals surface area (Å²) in [5.74, 6) is 0. The van der Waals surface area contributed by atoms with Crippen molar-refractivity contribution in [3.05, 3.63) is 9.15 Å². The van der Waals surface area contributed by atoms with Crippen molar-refractivity contribution in [2.75, 3.05) is 7.11 Å². The minimum atomic E-state index is 1.04. The number of oxime groups is 1. The smallest absolute Gasteiger partial charge is 0.106 e. The van der Waals surface area contributed by atoms with Gasteiger partial charge in [-0.1, -0.05) is 10.7 Å². The maximum Gasteiger partial charge on any atom is 0.106 e. The van der Waals surface area contributed by atoms with Gasteiger partial charge in [-0.25, -0.2) is 0 Å². The first-order chi connectivity index (χ1) is 4.75. The lowest BCUT2D eigenvalue weighted by Gasteiger charge is -1.93. The molecule has 1 aliphatic carbocycles. The van der Waals surface area contributed by atoms with Crippen molar-refractivity contribution in [3.63, 3.8) is 0 Å². The number of nitrogens with zero attached hydrogens (tertiary/aromatic N) is 1. The van der Waals surface area contributed by atoms with Crippen LogP contribution in [0.2, 0.25) is 0 Å². The lowest BCUT2D eigenvalue weighted by molar-refractivity contribution is 0.213. The van der Waals surface area contributed by atoms with Crippen LogP contribution >= 0.6 is 22.6 Å². The van der Waals surface area contributed by atoms with Gasteiger partial charge < -0.3 is 4.84 Å². The highest BCUT2D eigenvalue weighted by atomic mass is 127. The van der Waals surface area contributed by atoms with Gasteiger partial charge in [-0.2, -0.15) is 0 Å². The Kier molecular flexibility index (Phi) is 2.71. The Morgan fingerprint density at radius 3 is 2.60 bits per heavy atom. The summed E-state index contributed by atoms with van der Waals surface area (Å²) in [5, 5.41) is 3.91. The number of halogens is 1. The molecule has 2 nitrogen and oxygen atoms in total. The van der Waals surface area contributed by atoms with Gasteiger partial charge in [-0.05, 0) is 42.4 Å². The third-order valence-corrected chi connectivity index (χ3v) is 3.11. The maximum atomic E-state index is 4.69. The largest absolute Gasteiger partial charge is 0.399 e. The molecule has 0 saturated carbocycles. The monoisotopic (exact) mass is 251 g/mol. The molecule has 56 valence electrons. The Labute approximate surface area is 74.5 Å². The Hall–Kier alpha value is -0.0600. The molecule has 0 aliphatic heterocycles. The Morgan fingerprint density at radius 2 is 2.20 bits per heavy atom. The molecule has 0 N–H and O–H groups in total. The summed E-state index contributed by atoms with van der Waals surface area (Å²) in [4.78, 5) is 4.69. The molecule has 0 atom stereocenters. The second-order valence-corrected chi connectivity index (χ2v) is 3.39. The van der Waals surface area contributed by atoms with Gasteiger partial charge in [0.1, 0.15) is 7.11 Å². The van der Waals surface area contributed by atoms with Crippen LogP contribution in [0.3, 0.4) is 0 Å². The van der Waals surface area contributed by atoms with Crippen LogP contribution in [0.15, 0.2) is 14.3 Å². The lowest BCUT2D eigenvalue weighted by Crippen LogP contribution is -1.91. The highest BCUT2D eigenvalue weighted by molar-refractivity contribution is 14.1. The first kappa shape index (κ1) is 8.04. The van der Waals surface area contributed by atoms with Gasteiger partial charge in [0, 0.05) is 3.58 Å². The van der Waals surface area contributed by atoms with Crippen LogP contribution in [0.4, 0.5) is 0 Å². The summed E-state index contributed by atoms with van der Waals surface area (Å²) in [5.41, 5.74) is 2.53. The van der Waals surface area contributed by atoms with Gasteiger partial charge in [-0.15, -0.1) is 0 Å². The van der Waals surface area contributed by atoms with Crippen molar-refractivity contribution in [3.8, 4) is 0 Å². The highest BCUT2D eigenvalue weighted by Crippen LogP contribution is 2.28. The van der Waals surface area contributed by atoms with E-state index in [9.17, 15) is 0 Å². The van der Waals surface area contributed by atoms with E-state index in [1.165, 1.54) is 9.15 Å². The van der Waals surface area contributed by atoms with E-state index in [-0.39, 0.29) is 0 Å². The molecule has 0 aromatic carbocycles. The molecule has 1 rings (SSSR count). The van der Waals surface area contributed by atoms with Crippen LogP contribution < -0.4 is 0 Å². The number of allylic oxidation sites excluding steroid dienone is 2. The van der Waals surface area contributed by atoms with E-state index in [0.29, 0.717) is 0 Å². The van der Waals surface area contributed by atoms with Gasteiger partial charge in [0.2, 0.25) is 0 Å². The normalized spacial score (nSPS) is 22.5. The third-order valence-electron chi connectivity index (χ3n) is 1.57. The van der Waals surface area contributed by atoms with Crippen LogP contribution in [0, 0.1) is 0 Å². The minimum absolute atomic E-state index is 1.04. The predicted octanol–water partition coefficient (Wildman–Crippen LogP) is 2.49. The molecule has 0 bridgehead atoms. The van der Waals surface area contributed by atoms with Crippen molar-refractivity contribution >= 4 is 28.3 Å². The predicted molar refractivity (Wildman–Crippen MR) is 50.4 cm³/mol. The van der Waals surface area contributed by atoms with Crippen molar-refractivity contribution in [2.24, 2.45) is 5.16 Å². The van der Waals surface area contributed by atoms with Crippen molar-refractivity contribution in [2.45, 2.75) is 19.8 Å². The van der Waals surface area contributed by atoms with Crippen LogP contribution in [-0.2, 0) is 4.84 Å². The molecule has 0 aromatic heterocycles. The van der Waals surface area contributed by atoms with E-state index < -0.39 is 0 Å². The molecule has 0 aromatic rings.